The monoisotopic (exact) mass is 493 g/mol. The Bertz CT molecular complexity index is 1080. The van der Waals surface area contributed by atoms with Crippen molar-refractivity contribution in [3.05, 3.63) is 59.3 Å². The number of likely N-dealkylation sites (tertiary alicyclic amines) is 1. The van der Waals surface area contributed by atoms with Gasteiger partial charge in [0.1, 0.15) is 0 Å². The maximum Gasteiger partial charge on any atom is 0.319 e. The van der Waals surface area contributed by atoms with Crippen LogP contribution in [0.2, 0.25) is 0 Å². The summed E-state index contributed by atoms with van der Waals surface area (Å²) in [6.07, 6.45) is 5.13. The number of anilines is 1. The van der Waals surface area contributed by atoms with Gasteiger partial charge in [-0.1, -0.05) is 36.4 Å². The fourth-order valence-corrected chi connectivity index (χ4v) is 5.16. The summed E-state index contributed by atoms with van der Waals surface area (Å²) in [5.74, 6) is 0.877. The Balaban J connectivity index is 1.43. The molecule has 0 spiro atoms. The minimum Gasteiger partial charge on any atom is -0.365 e. The molecule has 9 heteroatoms. The Morgan fingerprint density at radius 3 is 2.56 bits per heavy atom. The fraction of sp³-hybridized carbons (Fsp3) is 0.519. The number of benzene rings is 1. The summed E-state index contributed by atoms with van der Waals surface area (Å²) >= 11 is 0. The number of piperidine rings is 1. The molecule has 1 aromatic heterocycles. The van der Waals surface area contributed by atoms with E-state index < -0.39 is 5.54 Å². The third-order valence-corrected chi connectivity index (χ3v) is 7.22. The Hall–Kier alpha value is -3.33. The largest absolute Gasteiger partial charge is 0.365 e. The molecule has 2 aromatic rings. The van der Waals surface area contributed by atoms with Crippen LogP contribution in [-0.2, 0) is 16.9 Å². The number of carbonyl (C=O) groups is 2. The molecular weight excluding hydrogens is 454 g/mol. The van der Waals surface area contributed by atoms with Gasteiger partial charge in [-0.2, -0.15) is 5.10 Å². The lowest BCUT2D eigenvalue weighted by Crippen LogP contribution is -2.48. The number of rotatable bonds is 7. The molecular formula is C27H39N7O2. The van der Waals surface area contributed by atoms with E-state index in [1.165, 1.54) is 0 Å². The number of urea groups is 1. The maximum absolute atomic E-state index is 13.5. The molecule has 2 aliphatic rings. The molecule has 3 N–H and O–H groups in total. The van der Waals surface area contributed by atoms with Crippen molar-refractivity contribution in [3.63, 3.8) is 0 Å². The van der Waals surface area contributed by atoms with Gasteiger partial charge in [0.05, 0.1) is 23.8 Å². The van der Waals surface area contributed by atoms with Gasteiger partial charge in [0.2, 0.25) is 5.91 Å². The number of aromatic amines is 1. The summed E-state index contributed by atoms with van der Waals surface area (Å²) in [6.45, 7) is 8.60. The third kappa shape index (κ3) is 5.41. The van der Waals surface area contributed by atoms with Crippen LogP contribution < -0.4 is 10.6 Å². The van der Waals surface area contributed by atoms with Gasteiger partial charge in [-0.15, -0.1) is 0 Å². The van der Waals surface area contributed by atoms with Crippen molar-refractivity contribution in [1.29, 1.82) is 0 Å². The van der Waals surface area contributed by atoms with Crippen molar-refractivity contribution in [2.45, 2.75) is 57.8 Å². The van der Waals surface area contributed by atoms with E-state index in [2.05, 4.69) is 51.7 Å². The zero-order chi connectivity index (χ0) is 25.9. The van der Waals surface area contributed by atoms with E-state index in [1.807, 2.05) is 49.0 Å². The van der Waals surface area contributed by atoms with Crippen LogP contribution in [0, 0.1) is 0 Å². The zero-order valence-corrected chi connectivity index (χ0v) is 22.0. The Morgan fingerprint density at radius 1 is 1.22 bits per heavy atom. The van der Waals surface area contributed by atoms with Crippen LogP contribution in [0.5, 0.6) is 0 Å². The van der Waals surface area contributed by atoms with E-state index in [4.69, 9.17) is 0 Å². The zero-order valence-electron chi connectivity index (χ0n) is 22.0. The topological polar surface area (TPSA) is 96.6 Å². The average Bonchev–Trinajstić information content (AvgIpc) is 3.37. The Kier molecular flexibility index (Phi) is 7.68. The van der Waals surface area contributed by atoms with Crippen LogP contribution in [0.25, 0.3) is 0 Å². The Morgan fingerprint density at radius 2 is 1.92 bits per heavy atom. The number of H-pyrrole nitrogens is 1. The lowest BCUT2D eigenvalue weighted by Gasteiger charge is -2.34. The van der Waals surface area contributed by atoms with Crippen LogP contribution in [0.1, 0.15) is 56.5 Å². The minimum atomic E-state index is -0.520. The van der Waals surface area contributed by atoms with Gasteiger partial charge in [-0.05, 0) is 59.3 Å². The van der Waals surface area contributed by atoms with Gasteiger partial charge in [0, 0.05) is 31.2 Å². The number of fused-ring (bicyclic) bond motifs is 1. The smallest absolute Gasteiger partial charge is 0.319 e. The second kappa shape index (κ2) is 10.7. The van der Waals surface area contributed by atoms with Gasteiger partial charge < -0.3 is 25.3 Å². The highest BCUT2D eigenvalue weighted by Gasteiger charge is 2.44. The van der Waals surface area contributed by atoms with Crippen LogP contribution in [0.3, 0.4) is 0 Å². The maximum atomic E-state index is 13.5. The standard InChI is InChI=1S/C27H39N7O2/c1-6-10-23(35)33-15-13-20(14-16-33)28-25-21-17-34(27(2,3)24(21)30-31-25)26(36)29-22(18-32(4)5)19-11-8-7-9-12-19/h6-12,20,22H,13-18H2,1-5H3,(H,29,36)(H2,28,30,31)/b10-6+/t22-/m1/s1. The predicted molar refractivity (Wildman–Crippen MR) is 141 cm³/mol. The molecule has 3 amide bonds. The summed E-state index contributed by atoms with van der Waals surface area (Å²) in [4.78, 5) is 31.5. The summed E-state index contributed by atoms with van der Waals surface area (Å²) in [5.41, 5.74) is 2.56. The number of aromatic nitrogens is 2. The lowest BCUT2D eigenvalue weighted by molar-refractivity contribution is -0.126. The molecule has 4 rings (SSSR count). The summed E-state index contributed by atoms with van der Waals surface area (Å²) in [5, 5.41) is 14.6. The average molecular weight is 494 g/mol. The number of nitrogens with one attached hydrogen (secondary N) is 3. The van der Waals surface area contributed by atoms with Crippen molar-refractivity contribution in [2.75, 3.05) is 39.0 Å². The first-order valence-electron chi connectivity index (χ1n) is 12.7. The molecule has 0 aliphatic carbocycles. The minimum absolute atomic E-state index is 0.0723. The van der Waals surface area contributed by atoms with E-state index >= 15 is 0 Å². The summed E-state index contributed by atoms with van der Waals surface area (Å²) < 4.78 is 0. The first kappa shape index (κ1) is 25.8. The number of amides is 3. The SMILES string of the molecule is C/C=C/C(=O)N1CCC(Nc2n[nH]c3c2CN(C(=O)N[C@H](CN(C)C)c2ccccc2)C3(C)C)CC1. The van der Waals surface area contributed by atoms with Crippen molar-refractivity contribution in [3.8, 4) is 0 Å². The molecule has 0 saturated carbocycles. The number of hydrogen-bond donors (Lipinski definition) is 3. The van der Waals surface area contributed by atoms with Crippen LogP contribution in [0.15, 0.2) is 42.5 Å². The predicted octanol–water partition coefficient (Wildman–Crippen LogP) is 3.45. The quantitative estimate of drug-likeness (QED) is 0.514. The molecule has 9 nitrogen and oxygen atoms in total. The first-order valence-corrected chi connectivity index (χ1v) is 12.7. The summed E-state index contributed by atoms with van der Waals surface area (Å²) in [6, 6.07) is 10.1. The van der Waals surface area contributed by atoms with Gasteiger partial charge in [0.25, 0.3) is 0 Å². The second-order valence-corrected chi connectivity index (χ2v) is 10.5. The molecule has 0 unspecified atom stereocenters. The molecule has 3 heterocycles. The molecule has 2 aliphatic heterocycles. The highest BCUT2D eigenvalue weighted by atomic mass is 16.2. The normalized spacial score (nSPS) is 18.5. The van der Waals surface area contributed by atoms with Gasteiger partial charge >= 0.3 is 6.03 Å². The van der Waals surface area contributed by atoms with Gasteiger partial charge in [-0.3, -0.25) is 9.89 Å². The fourth-order valence-electron chi connectivity index (χ4n) is 5.16. The number of likely N-dealkylation sites (N-methyl/N-ethyl adjacent to an activating group) is 1. The highest BCUT2D eigenvalue weighted by molar-refractivity contribution is 5.87. The molecule has 1 fully saturated rings. The molecule has 1 aromatic carbocycles. The van der Waals surface area contributed by atoms with Gasteiger partial charge in [-0.25, -0.2) is 4.79 Å². The first-order chi connectivity index (χ1) is 17.2. The molecule has 194 valence electrons. The van der Waals surface area contributed by atoms with Crippen molar-refractivity contribution in [1.82, 2.24) is 30.2 Å². The summed E-state index contributed by atoms with van der Waals surface area (Å²) in [7, 11) is 4.02. The molecule has 1 saturated heterocycles. The molecule has 0 radical (unpaired) electrons. The van der Waals surface area contributed by atoms with E-state index in [0.717, 1.165) is 48.6 Å². The number of carbonyl (C=O) groups excluding carboxylic acids is 2. The van der Waals surface area contributed by atoms with Crippen molar-refractivity contribution < 1.29 is 9.59 Å². The molecule has 0 bridgehead atoms. The number of hydrogen-bond acceptors (Lipinski definition) is 5. The van der Waals surface area contributed by atoms with E-state index in [9.17, 15) is 9.59 Å². The van der Waals surface area contributed by atoms with Crippen LogP contribution >= 0.6 is 0 Å². The third-order valence-electron chi connectivity index (χ3n) is 7.22. The number of allylic oxidation sites excluding steroid dienone is 1. The van der Waals surface area contributed by atoms with Crippen molar-refractivity contribution >= 4 is 17.8 Å². The van der Waals surface area contributed by atoms with Crippen LogP contribution in [-0.4, -0.2) is 76.6 Å². The number of nitrogens with zero attached hydrogens (tertiary/aromatic N) is 4. The highest BCUT2D eigenvalue weighted by Crippen LogP contribution is 2.41. The van der Waals surface area contributed by atoms with Crippen molar-refractivity contribution in [2.24, 2.45) is 0 Å². The van der Waals surface area contributed by atoms with Crippen LogP contribution in [0.4, 0.5) is 10.6 Å². The molecule has 36 heavy (non-hydrogen) atoms. The molecule has 1 atom stereocenters. The van der Waals surface area contributed by atoms with Gasteiger partial charge in [0.15, 0.2) is 5.82 Å². The lowest BCUT2D eigenvalue weighted by atomic mass is 10.0. The Labute approximate surface area is 213 Å². The van der Waals surface area contributed by atoms with E-state index in [-0.39, 0.29) is 24.0 Å². The van der Waals surface area contributed by atoms with E-state index in [0.29, 0.717) is 13.1 Å². The van der Waals surface area contributed by atoms with E-state index in [1.54, 1.807) is 12.2 Å². The second-order valence-electron chi connectivity index (χ2n) is 10.5.